The maximum atomic E-state index is 4.37. The lowest BCUT2D eigenvalue weighted by atomic mass is 10.2. The van der Waals surface area contributed by atoms with Crippen LogP contribution in [0, 0.1) is 0 Å². The Balaban J connectivity index is 2.39. The molecule has 0 aliphatic heterocycles. The smallest absolute Gasteiger partial charge is 0.122 e. The minimum absolute atomic E-state index is 0.585. The fourth-order valence-corrected chi connectivity index (χ4v) is 1.75. The molecule has 0 aliphatic rings. The monoisotopic (exact) mass is 209 g/mol. The predicted molar refractivity (Wildman–Crippen MR) is 63.7 cm³/mol. The molecular weight excluding hydrogens is 186 g/mol. The van der Waals surface area contributed by atoms with Crippen molar-refractivity contribution in [1.29, 1.82) is 0 Å². The van der Waals surface area contributed by atoms with Crippen molar-refractivity contribution in [3.63, 3.8) is 0 Å². The van der Waals surface area contributed by atoms with E-state index in [1.165, 1.54) is 12.8 Å². The van der Waals surface area contributed by atoms with E-state index in [0.29, 0.717) is 6.04 Å². The summed E-state index contributed by atoms with van der Waals surface area (Å²) in [5.41, 5.74) is 0. The summed E-state index contributed by atoms with van der Waals surface area (Å²) in [6.07, 6.45) is 7.57. The van der Waals surface area contributed by atoms with Crippen LogP contribution in [-0.2, 0) is 13.1 Å². The van der Waals surface area contributed by atoms with Crippen molar-refractivity contribution in [1.82, 2.24) is 14.9 Å². The fourth-order valence-electron chi connectivity index (χ4n) is 1.75. The zero-order valence-corrected chi connectivity index (χ0v) is 10.2. The topological polar surface area (TPSA) is 29.9 Å². The standard InChI is InChI=1S/C12H23N3/c1-4-6-11(3)14-10-12-13-7-9-15(12)8-5-2/h7,9,11,14H,4-6,8,10H2,1-3H3. The van der Waals surface area contributed by atoms with E-state index in [9.17, 15) is 0 Å². The fraction of sp³-hybridized carbons (Fsp3) is 0.750. The molecule has 0 fully saturated rings. The summed E-state index contributed by atoms with van der Waals surface area (Å²) in [7, 11) is 0. The molecule has 0 saturated carbocycles. The first-order valence-corrected chi connectivity index (χ1v) is 6.01. The van der Waals surface area contributed by atoms with Gasteiger partial charge in [0.15, 0.2) is 0 Å². The largest absolute Gasteiger partial charge is 0.334 e. The van der Waals surface area contributed by atoms with Gasteiger partial charge in [0.2, 0.25) is 0 Å². The third-order valence-electron chi connectivity index (χ3n) is 2.60. The summed E-state index contributed by atoms with van der Waals surface area (Å²) < 4.78 is 2.23. The molecule has 0 bridgehead atoms. The van der Waals surface area contributed by atoms with Crippen molar-refractivity contribution in [2.24, 2.45) is 0 Å². The van der Waals surface area contributed by atoms with Crippen LogP contribution in [0.3, 0.4) is 0 Å². The molecule has 1 unspecified atom stereocenters. The number of hydrogen-bond acceptors (Lipinski definition) is 2. The van der Waals surface area contributed by atoms with Crippen LogP contribution in [0.5, 0.6) is 0 Å². The van der Waals surface area contributed by atoms with Crippen molar-refractivity contribution in [3.8, 4) is 0 Å². The molecular formula is C12H23N3. The molecule has 0 aliphatic carbocycles. The normalized spacial score (nSPS) is 13.0. The summed E-state index contributed by atoms with van der Waals surface area (Å²) in [5.74, 6) is 1.15. The Morgan fingerprint density at radius 2 is 2.20 bits per heavy atom. The van der Waals surface area contributed by atoms with Gasteiger partial charge in [-0.2, -0.15) is 0 Å². The quantitative estimate of drug-likeness (QED) is 0.748. The van der Waals surface area contributed by atoms with E-state index in [4.69, 9.17) is 0 Å². The van der Waals surface area contributed by atoms with Crippen LogP contribution >= 0.6 is 0 Å². The second-order valence-corrected chi connectivity index (χ2v) is 4.11. The second-order valence-electron chi connectivity index (χ2n) is 4.11. The van der Waals surface area contributed by atoms with E-state index in [1.54, 1.807) is 0 Å². The van der Waals surface area contributed by atoms with Crippen LogP contribution in [0.4, 0.5) is 0 Å². The predicted octanol–water partition coefficient (Wildman–Crippen LogP) is 2.57. The SMILES string of the molecule is CCCC(C)NCc1nccn1CCC. The Hall–Kier alpha value is -0.830. The summed E-state index contributed by atoms with van der Waals surface area (Å²) >= 11 is 0. The summed E-state index contributed by atoms with van der Waals surface area (Å²) in [5, 5.41) is 3.50. The molecule has 1 N–H and O–H groups in total. The molecule has 0 aromatic carbocycles. The van der Waals surface area contributed by atoms with Crippen LogP contribution in [0.1, 0.15) is 45.9 Å². The summed E-state index contributed by atoms with van der Waals surface area (Å²) in [6.45, 7) is 8.59. The zero-order valence-electron chi connectivity index (χ0n) is 10.2. The number of aromatic nitrogens is 2. The minimum atomic E-state index is 0.585. The average Bonchev–Trinajstić information content (AvgIpc) is 2.64. The average molecular weight is 209 g/mol. The molecule has 3 nitrogen and oxygen atoms in total. The highest BCUT2D eigenvalue weighted by molar-refractivity contribution is 4.92. The third-order valence-corrected chi connectivity index (χ3v) is 2.60. The van der Waals surface area contributed by atoms with Gasteiger partial charge in [0, 0.05) is 25.0 Å². The van der Waals surface area contributed by atoms with E-state index in [1.807, 2.05) is 6.20 Å². The van der Waals surface area contributed by atoms with Crippen LogP contribution in [0.2, 0.25) is 0 Å². The van der Waals surface area contributed by atoms with Gasteiger partial charge >= 0.3 is 0 Å². The van der Waals surface area contributed by atoms with Crippen LogP contribution in [-0.4, -0.2) is 15.6 Å². The molecule has 1 aromatic heterocycles. The maximum absolute atomic E-state index is 4.37. The summed E-state index contributed by atoms with van der Waals surface area (Å²) in [6, 6.07) is 0.585. The van der Waals surface area contributed by atoms with E-state index < -0.39 is 0 Å². The number of hydrogen-bond donors (Lipinski definition) is 1. The molecule has 3 heteroatoms. The van der Waals surface area contributed by atoms with Gasteiger partial charge in [-0.25, -0.2) is 4.98 Å². The molecule has 1 rings (SSSR count). The van der Waals surface area contributed by atoms with E-state index in [0.717, 1.165) is 25.3 Å². The molecule has 0 amide bonds. The lowest BCUT2D eigenvalue weighted by Crippen LogP contribution is -2.26. The molecule has 1 heterocycles. The summed E-state index contributed by atoms with van der Waals surface area (Å²) in [4.78, 5) is 4.37. The first-order chi connectivity index (χ1) is 7.27. The van der Waals surface area contributed by atoms with Gasteiger partial charge in [-0.1, -0.05) is 20.3 Å². The highest BCUT2D eigenvalue weighted by atomic mass is 15.1. The van der Waals surface area contributed by atoms with Gasteiger partial charge in [0.25, 0.3) is 0 Å². The minimum Gasteiger partial charge on any atom is -0.334 e. The van der Waals surface area contributed by atoms with Gasteiger partial charge in [0.05, 0.1) is 6.54 Å². The molecule has 86 valence electrons. The molecule has 0 spiro atoms. The Morgan fingerprint density at radius 3 is 2.87 bits per heavy atom. The van der Waals surface area contributed by atoms with Gasteiger partial charge in [-0.15, -0.1) is 0 Å². The van der Waals surface area contributed by atoms with E-state index in [-0.39, 0.29) is 0 Å². The van der Waals surface area contributed by atoms with Crippen LogP contribution in [0.25, 0.3) is 0 Å². The zero-order chi connectivity index (χ0) is 11.1. The number of rotatable bonds is 7. The Morgan fingerprint density at radius 1 is 1.40 bits per heavy atom. The Kier molecular flexibility index (Phi) is 5.40. The third kappa shape index (κ3) is 4.04. The lowest BCUT2D eigenvalue weighted by molar-refractivity contribution is 0.486. The Labute approximate surface area is 92.9 Å². The highest BCUT2D eigenvalue weighted by Gasteiger charge is 2.04. The molecule has 15 heavy (non-hydrogen) atoms. The van der Waals surface area contributed by atoms with Crippen molar-refractivity contribution in [2.75, 3.05) is 0 Å². The molecule has 0 radical (unpaired) electrons. The van der Waals surface area contributed by atoms with Crippen molar-refractivity contribution < 1.29 is 0 Å². The van der Waals surface area contributed by atoms with Gasteiger partial charge in [-0.3, -0.25) is 0 Å². The van der Waals surface area contributed by atoms with E-state index >= 15 is 0 Å². The van der Waals surface area contributed by atoms with Crippen molar-refractivity contribution >= 4 is 0 Å². The van der Waals surface area contributed by atoms with Crippen LogP contribution in [0.15, 0.2) is 12.4 Å². The molecule has 0 saturated heterocycles. The first-order valence-electron chi connectivity index (χ1n) is 6.01. The number of nitrogens with one attached hydrogen (secondary N) is 1. The Bertz CT molecular complexity index is 268. The second kappa shape index (κ2) is 6.62. The van der Waals surface area contributed by atoms with Gasteiger partial charge in [-0.05, 0) is 19.8 Å². The lowest BCUT2D eigenvalue weighted by Gasteiger charge is -2.13. The van der Waals surface area contributed by atoms with Crippen molar-refractivity contribution in [2.45, 2.75) is 59.2 Å². The molecule has 1 aromatic rings. The van der Waals surface area contributed by atoms with E-state index in [2.05, 4.69) is 41.8 Å². The van der Waals surface area contributed by atoms with Crippen molar-refractivity contribution in [3.05, 3.63) is 18.2 Å². The highest BCUT2D eigenvalue weighted by Crippen LogP contribution is 2.01. The molecule has 1 atom stereocenters. The maximum Gasteiger partial charge on any atom is 0.122 e. The van der Waals surface area contributed by atoms with Gasteiger partial charge in [0.1, 0.15) is 5.82 Å². The van der Waals surface area contributed by atoms with Crippen LogP contribution < -0.4 is 5.32 Å². The number of imidazole rings is 1. The number of aryl methyl sites for hydroxylation is 1. The van der Waals surface area contributed by atoms with Gasteiger partial charge < -0.3 is 9.88 Å². The number of nitrogens with zero attached hydrogens (tertiary/aromatic N) is 2. The first kappa shape index (κ1) is 12.2.